The summed E-state index contributed by atoms with van der Waals surface area (Å²) in [4.78, 5) is 0. The van der Waals surface area contributed by atoms with Crippen molar-refractivity contribution >= 4 is 0 Å². The van der Waals surface area contributed by atoms with Gasteiger partial charge in [-0.05, 0) is 57.7 Å². The highest BCUT2D eigenvalue weighted by molar-refractivity contribution is 5.58. The van der Waals surface area contributed by atoms with Crippen LogP contribution in [0, 0.1) is 6.92 Å². The molecule has 158 valence electrons. The number of rotatable bonds is 8. The smallest absolute Gasteiger partial charge is 0.0891 e. The molecule has 1 unspecified atom stereocenters. The summed E-state index contributed by atoms with van der Waals surface area (Å²) in [6, 6.07) is 19.6. The van der Waals surface area contributed by atoms with Crippen molar-refractivity contribution in [3.8, 4) is 0 Å². The summed E-state index contributed by atoms with van der Waals surface area (Å²) in [6.45, 7) is 12.6. The highest BCUT2D eigenvalue weighted by Crippen LogP contribution is 2.46. The van der Waals surface area contributed by atoms with Gasteiger partial charge in [-0.1, -0.05) is 109 Å². The minimum absolute atomic E-state index is 0.315. The lowest BCUT2D eigenvalue weighted by Gasteiger charge is -2.39. The summed E-state index contributed by atoms with van der Waals surface area (Å²) < 4.78 is 0. The fourth-order valence-corrected chi connectivity index (χ4v) is 3.98. The summed E-state index contributed by atoms with van der Waals surface area (Å²) in [5.41, 5.74) is 7.20. The van der Waals surface area contributed by atoms with Gasteiger partial charge >= 0.3 is 0 Å². The number of aliphatic hydroxyl groups is 1. The van der Waals surface area contributed by atoms with Crippen molar-refractivity contribution in [2.75, 3.05) is 0 Å². The van der Waals surface area contributed by atoms with E-state index in [1.54, 1.807) is 6.92 Å². The number of hydrogen-bond donors (Lipinski definition) is 1. The molecule has 0 aliphatic carbocycles. The van der Waals surface area contributed by atoms with E-state index in [1.807, 2.05) is 6.08 Å². The zero-order chi connectivity index (χ0) is 22.1. The average molecular weight is 401 g/mol. The minimum atomic E-state index is -0.403. The normalized spacial score (nSPS) is 15.8. The second-order valence-corrected chi connectivity index (χ2v) is 8.05. The van der Waals surface area contributed by atoms with Gasteiger partial charge in [0.05, 0.1) is 11.2 Å². The lowest BCUT2D eigenvalue weighted by molar-refractivity contribution is 0.414. The average Bonchev–Trinajstić information content (AvgIpc) is 2.76. The SMILES string of the molecule is CC/C(C)=C\C=C(/C)C(/C(=C/C=C(\C)O)CC)(c1ccccc1)c1ccc(C)cc1. The second kappa shape index (κ2) is 10.8. The van der Waals surface area contributed by atoms with Crippen LogP contribution >= 0.6 is 0 Å². The van der Waals surface area contributed by atoms with E-state index in [1.165, 1.54) is 33.4 Å². The van der Waals surface area contributed by atoms with Crippen molar-refractivity contribution in [1.82, 2.24) is 0 Å². The number of allylic oxidation sites excluding steroid dienone is 8. The van der Waals surface area contributed by atoms with E-state index in [4.69, 9.17) is 0 Å². The van der Waals surface area contributed by atoms with Gasteiger partial charge in [0, 0.05) is 0 Å². The van der Waals surface area contributed by atoms with Crippen LogP contribution in [-0.4, -0.2) is 5.11 Å². The molecule has 0 saturated carbocycles. The first-order chi connectivity index (χ1) is 14.4. The summed E-state index contributed by atoms with van der Waals surface area (Å²) in [7, 11) is 0. The molecule has 1 heteroatoms. The van der Waals surface area contributed by atoms with E-state index in [2.05, 4.69) is 107 Å². The van der Waals surface area contributed by atoms with E-state index in [0.717, 1.165) is 12.8 Å². The predicted octanol–water partition coefficient (Wildman–Crippen LogP) is 8.38. The molecule has 0 heterocycles. The molecule has 0 saturated heterocycles. The first kappa shape index (κ1) is 23.5. The van der Waals surface area contributed by atoms with Crippen LogP contribution in [0.2, 0.25) is 0 Å². The number of benzene rings is 2. The van der Waals surface area contributed by atoms with Crippen LogP contribution < -0.4 is 0 Å². The van der Waals surface area contributed by atoms with Crippen LogP contribution in [0.1, 0.15) is 64.2 Å². The summed E-state index contributed by atoms with van der Waals surface area (Å²) in [5, 5.41) is 9.88. The van der Waals surface area contributed by atoms with E-state index >= 15 is 0 Å². The van der Waals surface area contributed by atoms with Gasteiger partial charge in [-0.2, -0.15) is 0 Å². The molecule has 2 rings (SSSR count). The van der Waals surface area contributed by atoms with Crippen molar-refractivity contribution in [2.24, 2.45) is 0 Å². The van der Waals surface area contributed by atoms with Crippen molar-refractivity contribution in [1.29, 1.82) is 0 Å². The fourth-order valence-electron chi connectivity index (χ4n) is 3.98. The number of hydrogen-bond acceptors (Lipinski definition) is 1. The minimum Gasteiger partial charge on any atom is -0.513 e. The van der Waals surface area contributed by atoms with Gasteiger partial charge < -0.3 is 5.11 Å². The van der Waals surface area contributed by atoms with Gasteiger partial charge in [0.15, 0.2) is 0 Å². The molecule has 0 spiro atoms. The molecule has 0 amide bonds. The molecule has 30 heavy (non-hydrogen) atoms. The Kier molecular flexibility index (Phi) is 8.47. The monoisotopic (exact) mass is 400 g/mol. The lowest BCUT2D eigenvalue weighted by atomic mass is 9.63. The predicted molar refractivity (Wildman–Crippen MR) is 131 cm³/mol. The molecule has 2 aromatic rings. The fraction of sp³-hybridized carbons (Fsp3) is 0.310. The molecule has 0 fully saturated rings. The second-order valence-electron chi connectivity index (χ2n) is 8.05. The molecular weight excluding hydrogens is 364 g/mol. The molecule has 2 aromatic carbocycles. The van der Waals surface area contributed by atoms with Gasteiger partial charge in [0.1, 0.15) is 0 Å². The molecule has 0 bridgehead atoms. The van der Waals surface area contributed by atoms with Crippen LogP contribution in [0.3, 0.4) is 0 Å². The molecule has 0 radical (unpaired) electrons. The number of aryl methyl sites for hydroxylation is 1. The van der Waals surface area contributed by atoms with E-state index in [0.29, 0.717) is 5.76 Å². The first-order valence-electron chi connectivity index (χ1n) is 10.9. The van der Waals surface area contributed by atoms with Crippen molar-refractivity contribution < 1.29 is 5.11 Å². The Hall–Kier alpha value is -2.80. The maximum Gasteiger partial charge on any atom is 0.0891 e. The van der Waals surface area contributed by atoms with Gasteiger partial charge in [0.25, 0.3) is 0 Å². The van der Waals surface area contributed by atoms with Crippen LogP contribution in [0.25, 0.3) is 0 Å². The van der Waals surface area contributed by atoms with Crippen LogP contribution in [0.15, 0.2) is 101 Å². The lowest BCUT2D eigenvalue weighted by Crippen LogP contribution is -2.32. The van der Waals surface area contributed by atoms with Crippen molar-refractivity contribution in [2.45, 2.75) is 59.8 Å². The Morgan fingerprint density at radius 3 is 1.90 bits per heavy atom. The molecule has 0 aliphatic heterocycles. The summed E-state index contributed by atoms with van der Waals surface area (Å²) >= 11 is 0. The Labute approximate surface area is 183 Å². The Morgan fingerprint density at radius 2 is 1.37 bits per heavy atom. The molecule has 1 atom stereocenters. The first-order valence-corrected chi connectivity index (χ1v) is 10.9. The van der Waals surface area contributed by atoms with Gasteiger partial charge in [-0.15, -0.1) is 0 Å². The van der Waals surface area contributed by atoms with Crippen LogP contribution in [0.5, 0.6) is 0 Å². The third-order valence-corrected chi connectivity index (χ3v) is 5.85. The quantitative estimate of drug-likeness (QED) is 0.348. The highest BCUT2D eigenvalue weighted by Gasteiger charge is 2.38. The van der Waals surface area contributed by atoms with Crippen LogP contribution in [0.4, 0.5) is 0 Å². The standard InChI is InChI=1S/C29H36O/c1-7-22(3)14-17-24(5)29(27-12-10-9-11-13-27,26(8-2)21-18-25(6)30)28-19-15-23(4)16-20-28/h9-21,30H,7-8H2,1-6H3/b22-14-,24-17+,25-18+,26-21+. The largest absolute Gasteiger partial charge is 0.513 e. The topological polar surface area (TPSA) is 20.2 Å². The third-order valence-electron chi connectivity index (χ3n) is 5.85. The number of aliphatic hydroxyl groups excluding tert-OH is 1. The van der Waals surface area contributed by atoms with Crippen molar-refractivity contribution in [3.63, 3.8) is 0 Å². The molecule has 1 nitrogen and oxygen atoms in total. The molecule has 0 aromatic heterocycles. The maximum absolute atomic E-state index is 9.88. The Balaban J connectivity index is 2.96. The Morgan fingerprint density at radius 1 is 0.767 bits per heavy atom. The van der Waals surface area contributed by atoms with Crippen LogP contribution in [-0.2, 0) is 5.41 Å². The van der Waals surface area contributed by atoms with Gasteiger partial charge in [-0.25, -0.2) is 0 Å². The molecule has 1 N–H and O–H groups in total. The highest BCUT2D eigenvalue weighted by atomic mass is 16.3. The van der Waals surface area contributed by atoms with Crippen molar-refractivity contribution in [3.05, 3.63) is 118 Å². The Bertz CT molecular complexity index is 936. The van der Waals surface area contributed by atoms with Gasteiger partial charge in [0.2, 0.25) is 0 Å². The zero-order valence-electron chi connectivity index (χ0n) is 19.4. The maximum atomic E-state index is 9.88. The van der Waals surface area contributed by atoms with E-state index < -0.39 is 5.41 Å². The summed E-state index contributed by atoms with van der Waals surface area (Å²) in [5.74, 6) is 0.315. The molecule has 0 aliphatic rings. The summed E-state index contributed by atoms with van der Waals surface area (Å²) in [6.07, 6.45) is 10.3. The van der Waals surface area contributed by atoms with Gasteiger partial charge in [-0.3, -0.25) is 0 Å². The van der Waals surface area contributed by atoms with E-state index in [9.17, 15) is 5.11 Å². The van der Waals surface area contributed by atoms with E-state index in [-0.39, 0.29) is 0 Å². The zero-order valence-corrected chi connectivity index (χ0v) is 19.4. The third kappa shape index (κ3) is 5.21. The molecular formula is C29H36O.